The van der Waals surface area contributed by atoms with E-state index in [1.54, 1.807) is 11.3 Å². The molecule has 2 bridgehead atoms. The number of hydrogen-bond acceptors (Lipinski definition) is 5. The molecule has 2 saturated carbocycles. The molecule has 3 rings (SSSR count). The van der Waals surface area contributed by atoms with Crippen molar-refractivity contribution in [1.82, 2.24) is 4.98 Å². The van der Waals surface area contributed by atoms with Crippen LogP contribution < -0.4 is 5.32 Å². The summed E-state index contributed by atoms with van der Waals surface area (Å²) in [5, 5.41) is 6.66. The summed E-state index contributed by atoms with van der Waals surface area (Å²) in [6, 6.07) is 0.623. The van der Waals surface area contributed by atoms with Crippen molar-refractivity contribution >= 4 is 22.4 Å². The number of thiazole rings is 1. The van der Waals surface area contributed by atoms with Gasteiger partial charge in [0.05, 0.1) is 18.7 Å². The van der Waals surface area contributed by atoms with Crippen LogP contribution in [0.15, 0.2) is 5.38 Å². The van der Waals surface area contributed by atoms with Gasteiger partial charge in [0.25, 0.3) is 0 Å². The van der Waals surface area contributed by atoms with Crippen LogP contribution in [0.25, 0.3) is 0 Å². The van der Waals surface area contributed by atoms with Crippen molar-refractivity contribution in [3.8, 4) is 0 Å². The minimum absolute atomic E-state index is 0.136. The lowest BCUT2D eigenvalue weighted by Crippen LogP contribution is -2.25. The highest BCUT2D eigenvalue weighted by atomic mass is 32.1. The lowest BCUT2D eigenvalue weighted by molar-refractivity contribution is -0.143. The largest absolute Gasteiger partial charge is 0.466 e. The topological polar surface area (TPSA) is 51.2 Å². The summed E-state index contributed by atoms with van der Waals surface area (Å²) in [5.41, 5.74) is 0.994. The Morgan fingerprint density at radius 3 is 3.10 bits per heavy atom. The normalized spacial score (nSPS) is 27.8. The fraction of sp³-hybridized carbons (Fsp3) is 0.733. The third-order valence-electron chi connectivity index (χ3n) is 4.49. The molecule has 0 aromatic carbocycles. The van der Waals surface area contributed by atoms with Crippen molar-refractivity contribution in [2.75, 3.05) is 11.9 Å². The van der Waals surface area contributed by atoms with Crippen LogP contribution in [0, 0.1) is 11.8 Å². The highest BCUT2D eigenvalue weighted by Gasteiger charge is 2.39. The SMILES string of the molecule is CCOC(=O)CCc1csc(NC2CC3CCC2C3)n1. The van der Waals surface area contributed by atoms with E-state index in [4.69, 9.17) is 4.74 Å². The number of rotatable bonds is 6. The lowest BCUT2D eigenvalue weighted by atomic mass is 9.96. The van der Waals surface area contributed by atoms with Crippen LogP contribution in [0.2, 0.25) is 0 Å². The minimum atomic E-state index is -0.136. The molecule has 0 radical (unpaired) electrons. The molecule has 2 fully saturated rings. The molecule has 1 N–H and O–H groups in total. The Bertz CT molecular complexity index is 474. The third-order valence-corrected chi connectivity index (χ3v) is 5.31. The van der Waals surface area contributed by atoms with Crippen LogP contribution in [-0.2, 0) is 16.0 Å². The van der Waals surface area contributed by atoms with Gasteiger partial charge in [0.1, 0.15) is 0 Å². The summed E-state index contributed by atoms with van der Waals surface area (Å²) >= 11 is 1.65. The summed E-state index contributed by atoms with van der Waals surface area (Å²) in [4.78, 5) is 15.9. The van der Waals surface area contributed by atoms with Crippen molar-refractivity contribution in [3.63, 3.8) is 0 Å². The molecule has 1 aromatic heterocycles. The number of carbonyl (C=O) groups excluding carboxylic acids is 1. The molecule has 1 aromatic rings. The fourth-order valence-corrected chi connectivity index (χ4v) is 4.34. The number of ether oxygens (including phenoxy) is 1. The number of fused-ring (bicyclic) bond motifs is 2. The molecular formula is C15H22N2O2S. The van der Waals surface area contributed by atoms with Crippen molar-refractivity contribution in [3.05, 3.63) is 11.1 Å². The first-order valence-corrected chi connectivity index (χ1v) is 8.49. The second-order valence-corrected chi connectivity index (χ2v) is 6.73. The zero-order valence-corrected chi connectivity index (χ0v) is 12.7. The van der Waals surface area contributed by atoms with Gasteiger partial charge >= 0.3 is 5.97 Å². The number of nitrogens with one attached hydrogen (secondary N) is 1. The van der Waals surface area contributed by atoms with Crippen LogP contribution in [0.5, 0.6) is 0 Å². The molecular weight excluding hydrogens is 272 g/mol. The molecule has 0 saturated heterocycles. The first-order chi connectivity index (χ1) is 9.74. The van der Waals surface area contributed by atoms with Gasteiger partial charge in [0, 0.05) is 17.8 Å². The van der Waals surface area contributed by atoms with Gasteiger partial charge in [-0.05, 0) is 38.0 Å². The second-order valence-electron chi connectivity index (χ2n) is 5.87. The van der Waals surface area contributed by atoms with Crippen LogP contribution in [0.1, 0.15) is 44.7 Å². The fourth-order valence-electron chi connectivity index (χ4n) is 3.53. The second kappa shape index (κ2) is 6.12. The van der Waals surface area contributed by atoms with E-state index in [1.807, 2.05) is 6.92 Å². The van der Waals surface area contributed by atoms with Gasteiger partial charge in [-0.25, -0.2) is 4.98 Å². The predicted octanol–water partition coefficient (Wildman–Crippen LogP) is 3.24. The van der Waals surface area contributed by atoms with Crippen molar-refractivity contribution in [2.45, 2.75) is 51.5 Å². The molecule has 110 valence electrons. The number of aryl methyl sites for hydroxylation is 1. The van der Waals surface area contributed by atoms with E-state index in [0.29, 0.717) is 25.5 Å². The van der Waals surface area contributed by atoms with Crippen molar-refractivity contribution in [1.29, 1.82) is 0 Å². The molecule has 3 atom stereocenters. The summed E-state index contributed by atoms with van der Waals surface area (Å²) in [6.07, 6.45) is 6.61. The number of carbonyl (C=O) groups is 1. The van der Waals surface area contributed by atoms with Crippen LogP contribution in [-0.4, -0.2) is 23.6 Å². The van der Waals surface area contributed by atoms with E-state index in [0.717, 1.165) is 22.7 Å². The van der Waals surface area contributed by atoms with Crippen LogP contribution in [0.4, 0.5) is 5.13 Å². The summed E-state index contributed by atoms with van der Waals surface area (Å²) in [7, 11) is 0. The van der Waals surface area contributed by atoms with Crippen molar-refractivity contribution < 1.29 is 9.53 Å². The summed E-state index contributed by atoms with van der Waals surface area (Å²) in [6.45, 7) is 2.28. The number of nitrogens with zero attached hydrogens (tertiary/aromatic N) is 1. The van der Waals surface area contributed by atoms with E-state index in [2.05, 4.69) is 15.7 Å². The maximum atomic E-state index is 11.3. The zero-order chi connectivity index (χ0) is 13.9. The third kappa shape index (κ3) is 3.14. The molecule has 5 heteroatoms. The Hall–Kier alpha value is -1.10. The Balaban J connectivity index is 1.48. The smallest absolute Gasteiger partial charge is 0.306 e. The molecule has 20 heavy (non-hydrogen) atoms. The number of hydrogen-bond donors (Lipinski definition) is 1. The van der Waals surface area contributed by atoms with Gasteiger partial charge < -0.3 is 10.1 Å². The lowest BCUT2D eigenvalue weighted by Gasteiger charge is -2.22. The van der Waals surface area contributed by atoms with E-state index in [9.17, 15) is 4.79 Å². The first kappa shape index (κ1) is 13.9. The Morgan fingerprint density at radius 1 is 1.50 bits per heavy atom. The number of aromatic nitrogens is 1. The average molecular weight is 294 g/mol. The monoisotopic (exact) mass is 294 g/mol. The van der Waals surface area contributed by atoms with Gasteiger partial charge in [-0.3, -0.25) is 4.79 Å². The predicted molar refractivity (Wildman–Crippen MR) is 79.9 cm³/mol. The molecule has 2 aliphatic rings. The highest BCUT2D eigenvalue weighted by Crippen LogP contribution is 2.45. The van der Waals surface area contributed by atoms with Gasteiger partial charge in [0.2, 0.25) is 0 Å². The molecule has 0 spiro atoms. The van der Waals surface area contributed by atoms with E-state index >= 15 is 0 Å². The molecule has 4 nitrogen and oxygen atoms in total. The molecule has 3 unspecified atom stereocenters. The standard InChI is InChI=1S/C15H22N2O2S/c1-2-19-14(18)6-5-12-9-20-15(16-12)17-13-8-10-3-4-11(13)7-10/h9-11,13H,2-8H2,1H3,(H,16,17). The number of anilines is 1. The highest BCUT2D eigenvalue weighted by molar-refractivity contribution is 7.13. The summed E-state index contributed by atoms with van der Waals surface area (Å²) < 4.78 is 4.93. The molecule has 0 aliphatic heterocycles. The maximum absolute atomic E-state index is 11.3. The minimum Gasteiger partial charge on any atom is -0.466 e. The molecule has 2 aliphatic carbocycles. The van der Waals surface area contributed by atoms with Gasteiger partial charge in [0.15, 0.2) is 5.13 Å². The van der Waals surface area contributed by atoms with E-state index < -0.39 is 0 Å². The Labute approximate surface area is 123 Å². The Kier molecular flexibility index (Phi) is 4.24. The average Bonchev–Trinajstić information content (AvgIpc) is 3.13. The first-order valence-electron chi connectivity index (χ1n) is 7.61. The van der Waals surface area contributed by atoms with Gasteiger partial charge in [-0.15, -0.1) is 11.3 Å². The Morgan fingerprint density at radius 2 is 2.40 bits per heavy atom. The molecule has 0 amide bonds. The van der Waals surface area contributed by atoms with Gasteiger partial charge in [-0.1, -0.05) is 6.42 Å². The number of esters is 1. The van der Waals surface area contributed by atoms with Gasteiger partial charge in [-0.2, -0.15) is 0 Å². The zero-order valence-electron chi connectivity index (χ0n) is 11.9. The van der Waals surface area contributed by atoms with Crippen LogP contribution >= 0.6 is 11.3 Å². The van der Waals surface area contributed by atoms with E-state index in [-0.39, 0.29) is 5.97 Å². The van der Waals surface area contributed by atoms with Crippen LogP contribution in [0.3, 0.4) is 0 Å². The van der Waals surface area contributed by atoms with E-state index in [1.165, 1.54) is 25.7 Å². The molecule has 1 heterocycles. The summed E-state index contributed by atoms with van der Waals surface area (Å²) in [5.74, 6) is 1.66. The quantitative estimate of drug-likeness (QED) is 0.818. The van der Waals surface area contributed by atoms with Crippen molar-refractivity contribution in [2.24, 2.45) is 11.8 Å². The maximum Gasteiger partial charge on any atom is 0.306 e.